The number of hydrogen-bond donors (Lipinski definition) is 2. The highest BCUT2D eigenvalue weighted by Crippen LogP contribution is 2.44. The van der Waals surface area contributed by atoms with E-state index in [0.29, 0.717) is 13.0 Å². The van der Waals surface area contributed by atoms with Crippen molar-refractivity contribution in [3.8, 4) is 11.1 Å². The largest absolute Gasteiger partial charge is 0.460 e. The monoisotopic (exact) mass is 606 g/mol. The molecule has 210 valence electrons. The number of nitrogens with one attached hydrogen (secondary N) is 2. The number of halogens is 1. The van der Waals surface area contributed by atoms with Gasteiger partial charge in [0.15, 0.2) is 0 Å². The number of hydrogen-bond acceptors (Lipinski definition) is 5. The molecule has 0 saturated heterocycles. The first-order chi connectivity index (χ1) is 19.1. The SMILES string of the molecule is CC(C)(C)OC(=O)CC[C@H](NC(=O)OCC1c2ccccc2-c2ccccc21)C(=O)NCCc1ccc(Br)cc1. The lowest BCUT2D eigenvalue weighted by atomic mass is 9.98. The maximum absolute atomic E-state index is 13.1. The second-order valence-corrected chi connectivity index (χ2v) is 11.7. The van der Waals surface area contributed by atoms with Crippen LogP contribution in [0.2, 0.25) is 0 Å². The molecule has 8 heteroatoms. The van der Waals surface area contributed by atoms with Gasteiger partial charge >= 0.3 is 12.1 Å². The Bertz CT molecular complexity index is 1300. The predicted octanol–water partition coefficient (Wildman–Crippen LogP) is 6.14. The minimum atomic E-state index is -0.951. The number of alkyl carbamates (subject to hydrolysis) is 1. The summed E-state index contributed by atoms with van der Waals surface area (Å²) in [7, 11) is 0. The molecule has 0 aromatic heterocycles. The average Bonchev–Trinajstić information content (AvgIpc) is 3.23. The van der Waals surface area contributed by atoms with Crippen molar-refractivity contribution >= 4 is 33.9 Å². The highest BCUT2D eigenvalue weighted by Gasteiger charge is 2.30. The maximum atomic E-state index is 13.1. The lowest BCUT2D eigenvalue weighted by Gasteiger charge is -2.22. The van der Waals surface area contributed by atoms with Gasteiger partial charge in [-0.25, -0.2) is 4.79 Å². The van der Waals surface area contributed by atoms with Crippen molar-refractivity contribution in [2.75, 3.05) is 13.2 Å². The van der Waals surface area contributed by atoms with Crippen LogP contribution < -0.4 is 10.6 Å². The third-order valence-corrected chi connectivity index (χ3v) is 7.16. The maximum Gasteiger partial charge on any atom is 0.407 e. The first-order valence-corrected chi connectivity index (χ1v) is 14.3. The Morgan fingerprint density at radius 2 is 1.50 bits per heavy atom. The third-order valence-electron chi connectivity index (χ3n) is 6.64. The number of benzene rings is 3. The molecule has 0 spiro atoms. The Morgan fingerprint density at radius 1 is 0.900 bits per heavy atom. The van der Waals surface area contributed by atoms with Gasteiger partial charge in [-0.1, -0.05) is 76.6 Å². The smallest absolute Gasteiger partial charge is 0.407 e. The van der Waals surface area contributed by atoms with Crippen molar-refractivity contribution in [3.05, 3.63) is 94.0 Å². The van der Waals surface area contributed by atoms with E-state index in [4.69, 9.17) is 9.47 Å². The fraction of sp³-hybridized carbons (Fsp3) is 0.344. The third kappa shape index (κ3) is 7.94. The zero-order valence-electron chi connectivity index (χ0n) is 23.0. The summed E-state index contributed by atoms with van der Waals surface area (Å²) in [5.74, 6) is -0.915. The quantitative estimate of drug-likeness (QED) is 0.270. The molecule has 1 aliphatic rings. The number of amides is 2. The van der Waals surface area contributed by atoms with Crippen molar-refractivity contribution in [2.45, 2.75) is 57.6 Å². The van der Waals surface area contributed by atoms with E-state index < -0.39 is 23.7 Å². The van der Waals surface area contributed by atoms with E-state index in [1.54, 1.807) is 20.8 Å². The highest BCUT2D eigenvalue weighted by molar-refractivity contribution is 9.10. The van der Waals surface area contributed by atoms with Crippen molar-refractivity contribution in [1.29, 1.82) is 0 Å². The lowest BCUT2D eigenvalue weighted by Crippen LogP contribution is -2.47. The molecule has 0 saturated carbocycles. The molecule has 1 aliphatic carbocycles. The molecule has 0 aliphatic heterocycles. The Hall–Kier alpha value is -3.65. The Kier molecular flexibility index (Phi) is 9.63. The molecule has 2 N–H and O–H groups in total. The summed E-state index contributed by atoms with van der Waals surface area (Å²) in [6.07, 6.45) is -0.0170. The van der Waals surface area contributed by atoms with Gasteiger partial charge in [-0.15, -0.1) is 0 Å². The summed E-state index contributed by atoms with van der Waals surface area (Å²) < 4.78 is 12.0. The molecular weight excluding hydrogens is 572 g/mol. The standard InChI is InChI=1S/C32H35BrN2O5/c1-32(2,3)40-29(36)17-16-28(30(37)34-19-18-21-12-14-22(33)15-13-21)35-31(38)39-20-27-25-10-6-4-8-23(25)24-9-5-7-11-26(24)27/h4-15,27-28H,16-20H2,1-3H3,(H,34,37)(H,35,38)/t28-/m0/s1. The second kappa shape index (κ2) is 13.1. The zero-order chi connectivity index (χ0) is 28.7. The average molecular weight is 608 g/mol. The molecule has 40 heavy (non-hydrogen) atoms. The number of ether oxygens (including phenoxy) is 2. The normalized spacial score (nSPS) is 13.1. The molecule has 3 aromatic rings. The molecule has 1 atom stereocenters. The molecular formula is C32H35BrN2O5. The number of fused-ring (bicyclic) bond motifs is 3. The van der Waals surface area contributed by atoms with Gasteiger partial charge in [0.05, 0.1) is 0 Å². The summed E-state index contributed by atoms with van der Waals surface area (Å²) in [4.78, 5) is 38.3. The molecule has 7 nitrogen and oxygen atoms in total. The van der Waals surface area contributed by atoms with Gasteiger partial charge in [-0.05, 0) is 73.6 Å². The van der Waals surface area contributed by atoms with Gasteiger partial charge in [0.25, 0.3) is 0 Å². The first kappa shape index (κ1) is 29.3. The molecule has 0 fully saturated rings. The number of carbonyl (C=O) groups excluding carboxylic acids is 3. The van der Waals surface area contributed by atoms with Crippen molar-refractivity contribution in [3.63, 3.8) is 0 Å². The molecule has 0 bridgehead atoms. The lowest BCUT2D eigenvalue weighted by molar-refractivity contribution is -0.155. The van der Waals surface area contributed by atoms with E-state index in [0.717, 1.165) is 32.3 Å². The van der Waals surface area contributed by atoms with Crippen LogP contribution in [0.25, 0.3) is 11.1 Å². The van der Waals surface area contributed by atoms with E-state index in [9.17, 15) is 14.4 Å². The van der Waals surface area contributed by atoms with Gasteiger partial charge in [0, 0.05) is 23.4 Å². The van der Waals surface area contributed by atoms with Crippen LogP contribution >= 0.6 is 15.9 Å². The minimum absolute atomic E-state index is 0.0221. The number of carbonyl (C=O) groups is 3. The van der Waals surface area contributed by atoms with Gasteiger partial charge in [-0.3, -0.25) is 9.59 Å². The van der Waals surface area contributed by atoms with Crippen LogP contribution in [-0.4, -0.2) is 42.8 Å². The summed E-state index contributed by atoms with van der Waals surface area (Å²) >= 11 is 3.42. The van der Waals surface area contributed by atoms with Crippen LogP contribution in [-0.2, 0) is 25.5 Å². The van der Waals surface area contributed by atoms with E-state index in [2.05, 4.69) is 38.7 Å². The number of rotatable bonds is 10. The van der Waals surface area contributed by atoms with Gasteiger partial charge in [0.1, 0.15) is 18.2 Å². The first-order valence-electron chi connectivity index (χ1n) is 13.5. The fourth-order valence-electron chi connectivity index (χ4n) is 4.81. The van der Waals surface area contributed by atoms with E-state index in [1.807, 2.05) is 60.7 Å². The molecule has 0 unspecified atom stereocenters. The van der Waals surface area contributed by atoms with Crippen LogP contribution in [0.4, 0.5) is 4.79 Å². The number of esters is 1. The van der Waals surface area contributed by atoms with E-state index in [1.165, 1.54) is 0 Å². The van der Waals surface area contributed by atoms with Crippen LogP contribution in [0, 0.1) is 0 Å². The highest BCUT2D eigenvalue weighted by atomic mass is 79.9. The van der Waals surface area contributed by atoms with Crippen molar-refractivity contribution < 1.29 is 23.9 Å². The molecule has 0 radical (unpaired) electrons. The van der Waals surface area contributed by atoms with Gasteiger partial charge in [0.2, 0.25) is 5.91 Å². The van der Waals surface area contributed by atoms with Crippen LogP contribution in [0.15, 0.2) is 77.3 Å². The Balaban J connectivity index is 1.37. The van der Waals surface area contributed by atoms with E-state index in [-0.39, 0.29) is 31.3 Å². The fourth-order valence-corrected chi connectivity index (χ4v) is 5.07. The minimum Gasteiger partial charge on any atom is -0.460 e. The van der Waals surface area contributed by atoms with Gasteiger partial charge < -0.3 is 20.1 Å². The Morgan fingerprint density at radius 3 is 2.10 bits per heavy atom. The summed E-state index contributed by atoms with van der Waals surface area (Å²) in [5, 5.41) is 5.55. The Labute approximate surface area is 243 Å². The summed E-state index contributed by atoms with van der Waals surface area (Å²) in [5.41, 5.74) is 4.89. The van der Waals surface area contributed by atoms with Crippen LogP contribution in [0.5, 0.6) is 0 Å². The second-order valence-electron chi connectivity index (χ2n) is 10.8. The molecule has 2 amide bonds. The van der Waals surface area contributed by atoms with Crippen LogP contribution in [0.1, 0.15) is 56.2 Å². The van der Waals surface area contributed by atoms with Crippen molar-refractivity contribution in [1.82, 2.24) is 10.6 Å². The van der Waals surface area contributed by atoms with Gasteiger partial charge in [-0.2, -0.15) is 0 Å². The summed E-state index contributed by atoms with van der Waals surface area (Å²) in [6, 6.07) is 23.1. The topological polar surface area (TPSA) is 93.7 Å². The molecule has 4 rings (SSSR count). The zero-order valence-corrected chi connectivity index (χ0v) is 24.6. The van der Waals surface area contributed by atoms with Crippen LogP contribution in [0.3, 0.4) is 0 Å². The van der Waals surface area contributed by atoms with Crippen molar-refractivity contribution in [2.24, 2.45) is 0 Å². The summed E-state index contributed by atoms with van der Waals surface area (Å²) in [6.45, 7) is 5.87. The predicted molar refractivity (Wildman–Crippen MR) is 158 cm³/mol. The molecule has 0 heterocycles. The molecule has 3 aromatic carbocycles. The van der Waals surface area contributed by atoms with E-state index >= 15 is 0 Å².